The van der Waals surface area contributed by atoms with Crippen LogP contribution in [0, 0.1) is 11.3 Å². The fraction of sp³-hybridized carbons (Fsp3) is 0.462. The van der Waals surface area contributed by atoms with Gasteiger partial charge in [-0.3, -0.25) is 5.41 Å². The molecule has 18 heavy (non-hydrogen) atoms. The number of aliphatic hydroxyl groups is 1. The largest absolute Gasteiger partial charge is 0.396 e. The highest BCUT2D eigenvalue weighted by Gasteiger charge is 2.19. The lowest BCUT2D eigenvalue weighted by atomic mass is 9.97. The van der Waals surface area contributed by atoms with Gasteiger partial charge in [0.2, 0.25) is 0 Å². The summed E-state index contributed by atoms with van der Waals surface area (Å²) in [5.41, 5.74) is 7.07. The summed E-state index contributed by atoms with van der Waals surface area (Å²) in [6.45, 7) is 2.14. The summed E-state index contributed by atoms with van der Waals surface area (Å²) in [7, 11) is 0. The smallest absolute Gasteiger partial charge is 0.124 e. The molecule has 4 nitrogen and oxygen atoms in total. The van der Waals surface area contributed by atoms with Gasteiger partial charge in [-0.15, -0.1) is 0 Å². The number of anilines is 1. The van der Waals surface area contributed by atoms with Gasteiger partial charge in [-0.05, 0) is 37.0 Å². The monoisotopic (exact) mass is 267 g/mol. The Labute approximate surface area is 112 Å². The average molecular weight is 268 g/mol. The van der Waals surface area contributed by atoms with Crippen LogP contribution in [0.15, 0.2) is 18.2 Å². The molecule has 1 aliphatic rings. The second kappa shape index (κ2) is 5.59. The predicted molar refractivity (Wildman–Crippen MR) is 74.5 cm³/mol. The normalized spacial score (nSPS) is 16.9. The first-order valence-corrected chi connectivity index (χ1v) is 6.49. The molecular formula is C13H18ClN3O. The van der Waals surface area contributed by atoms with Crippen molar-refractivity contribution in [3.05, 3.63) is 28.8 Å². The molecule has 2 rings (SSSR count). The van der Waals surface area contributed by atoms with Crippen molar-refractivity contribution in [1.29, 1.82) is 5.41 Å². The van der Waals surface area contributed by atoms with Gasteiger partial charge in [-0.2, -0.15) is 0 Å². The van der Waals surface area contributed by atoms with Crippen LogP contribution in [0.25, 0.3) is 0 Å². The number of amidine groups is 1. The molecule has 0 bridgehead atoms. The van der Waals surface area contributed by atoms with Gasteiger partial charge < -0.3 is 15.7 Å². The SMILES string of the molecule is N=C(N)c1ccc(N2CCC(CO)CC2)cc1Cl. The first kappa shape index (κ1) is 13.2. The summed E-state index contributed by atoms with van der Waals surface area (Å²) in [5, 5.41) is 17.0. The fourth-order valence-electron chi connectivity index (χ4n) is 2.29. The standard InChI is InChI=1S/C13H18ClN3O/c14-12-7-10(1-2-11(12)13(15)16)17-5-3-9(8-18)4-6-17/h1-2,7,9,18H,3-6,8H2,(H3,15,16). The van der Waals surface area contributed by atoms with Crippen LogP contribution in [-0.4, -0.2) is 30.6 Å². The van der Waals surface area contributed by atoms with E-state index in [1.807, 2.05) is 12.1 Å². The average Bonchev–Trinajstić information content (AvgIpc) is 2.38. The van der Waals surface area contributed by atoms with Crippen LogP contribution in [0.4, 0.5) is 5.69 Å². The number of hydrogen-bond acceptors (Lipinski definition) is 3. The molecule has 1 aromatic rings. The number of nitrogens with two attached hydrogens (primary N) is 1. The Kier molecular flexibility index (Phi) is 4.09. The third-order valence-corrected chi connectivity index (χ3v) is 3.79. The van der Waals surface area contributed by atoms with Gasteiger partial charge in [0.15, 0.2) is 0 Å². The van der Waals surface area contributed by atoms with Crippen molar-refractivity contribution in [2.24, 2.45) is 11.7 Å². The number of nitrogen functional groups attached to an aromatic ring is 1. The molecule has 0 saturated carbocycles. The number of piperidine rings is 1. The number of aliphatic hydroxyl groups excluding tert-OH is 1. The van der Waals surface area contributed by atoms with Gasteiger partial charge in [0, 0.05) is 30.9 Å². The van der Waals surface area contributed by atoms with E-state index >= 15 is 0 Å². The molecule has 0 atom stereocenters. The number of rotatable bonds is 3. The molecule has 0 amide bonds. The Morgan fingerprint density at radius 3 is 2.61 bits per heavy atom. The molecule has 98 valence electrons. The van der Waals surface area contributed by atoms with E-state index in [1.165, 1.54) is 0 Å². The predicted octanol–water partition coefficient (Wildman–Crippen LogP) is 1.83. The van der Waals surface area contributed by atoms with Crippen LogP contribution in [-0.2, 0) is 0 Å². The molecule has 0 spiro atoms. The summed E-state index contributed by atoms with van der Waals surface area (Å²) in [5.74, 6) is 0.416. The maximum absolute atomic E-state index is 9.11. The zero-order valence-corrected chi connectivity index (χ0v) is 11.0. The minimum atomic E-state index is -0.00876. The fourth-order valence-corrected chi connectivity index (χ4v) is 2.57. The van der Waals surface area contributed by atoms with Crippen molar-refractivity contribution in [2.45, 2.75) is 12.8 Å². The molecule has 1 aliphatic heterocycles. The highest BCUT2D eigenvalue weighted by Crippen LogP contribution is 2.27. The molecular weight excluding hydrogens is 250 g/mol. The van der Waals surface area contributed by atoms with Crippen molar-refractivity contribution in [3.8, 4) is 0 Å². The molecule has 1 fully saturated rings. The summed E-state index contributed by atoms with van der Waals surface area (Å²) < 4.78 is 0. The van der Waals surface area contributed by atoms with Gasteiger partial charge in [-0.1, -0.05) is 11.6 Å². The topological polar surface area (TPSA) is 73.3 Å². The second-order valence-corrected chi connectivity index (χ2v) is 5.10. The molecule has 1 aromatic carbocycles. The molecule has 0 radical (unpaired) electrons. The van der Waals surface area contributed by atoms with E-state index in [0.717, 1.165) is 31.6 Å². The summed E-state index contributed by atoms with van der Waals surface area (Å²) in [6, 6.07) is 5.59. The lowest BCUT2D eigenvalue weighted by molar-refractivity contribution is 0.203. The second-order valence-electron chi connectivity index (χ2n) is 4.69. The summed E-state index contributed by atoms with van der Waals surface area (Å²) >= 11 is 6.11. The van der Waals surface area contributed by atoms with Gasteiger partial charge in [0.25, 0.3) is 0 Å². The van der Waals surface area contributed by atoms with Crippen molar-refractivity contribution in [3.63, 3.8) is 0 Å². The highest BCUT2D eigenvalue weighted by atomic mass is 35.5. The van der Waals surface area contributed by atoms with Crippen LogP contribution in [0.5, 0.6) is 0 Å². The maximum Gasteiger partial charge on any atom is 0.124 e. The van der Waals surface area contributed by atoms with E-state index in [2.05, 4.69) is 4.90 Å². The molecule has 1 heterocycles. The summed E-state index contributed by atoms with van der Waals surface area (Å²) in [4.78, 5) is 2.25. The van der Waals surface area contributed by atoms with E-state index in [9.17, 15) is 0 Å². The Balaban J connectivity index is 2.11. The van der Waals surface area contributed by atoms with Gasteiger partial charge >= 0.3 is 0 Å². The van der Waals surface area contributed by atoms with Crippen molar-refractivity contribution in [1.82, 2.24) is 0 Å². The molecule has 0 unspecified atom stereocenters. The third-order valence-electron chi connectivity index (χ3n) is 3.48. The molecule has 1 saturated heterocycles. The number of benzene rings is 1. The van der Waals surface area contributed by atoms with Crippen LogP contribution < -0.4 is 10.6 Å². The number of nitrogens with zero attached hydrogens (tertiary/aromatic N) is 1. The minimum absolute atomic E-state index is 0.00876. The zero-order valence-electron chi connectivity index (χ0n) is 10.2. The molecule has 0 aliphatic carbocycles. The number of halogens is 1. The lowest BCUT2D eigenvalue weighted by Crippen LogP contribution is -2.34. The Bertz CT molecular complexity index is 442. The highest BCUT2D eigenvalue weighted by molar-refractivity contribution is 6.34. The lowest BCUT2D eigenvalue weighted by Gasteiger charge is -2.33. The van der Waals surface area contributed by atoms with E-state index < -0.39 is 0 Å². The van der Waals surface area contributed by atoms with Crippen molar-refractivity contribution in [2.75, 3.05) is 24.6 Å². The third kappa shape index (κ3) is 2.76. The van der Waals surface area contributed by atoms with Gasteiger partial charge in [0.05, 0.1) is 5.02 Å². The zero-order chi connectivity index (χ0) is 13.1. The first-order chi connectivity index (χ1) is 8.61. The van der Waals surface area contributed by atoms with Crippen LogP contribution >= 0.6 is 11.6 Å². The first-order valence-electron chi connectivity index (χ1n) is 6.11. The molecule has 5 heteroatoms. The Morgan fingerprint density at radius 2 is 2.11 bits per heavy atom. The van der Waals surface area contributed by atoms with E-state index in [4.69, 9.17) is 27.9 Å². The van der Waals surface area contributed by atoms with Crippen LogP contribution in [0.1, 0.15) is 18.4 Å². The molecule has 0 aromatic heterocycles. The van der Waals surface area contributed by atoms with E-state index in [1.54, 1.807) is 6.07 Å². The van der Waals surface area contributed by atoms with Crippen molar-refractivity contribution < 1.29 is 5.11 Å². The maximum atomic E-state index is 9.11. The van der Waals surface area contributed by atoms with Crippen molar-refractivity contribution >= 4 is 23.1 Å². The van der Waals surface area contributed by atoms with Gasteiger partial charge in [-0.25, -0.2) is 0 Å². The van der Waals surface area contributed by atoms with Gasteiger partial charge in [0.1, 0.15) is 5.84 Å². The quantitative estimate of drug-likeness (QED) is 0.578. The Hall–Kier alpha value is -1.26. The van der Waals surface area contributed by atoms with E-state index in [0.29, 0.717) is 16.5 Å². The minimum Gasteiger partial charge on any atom is -0.396 e. The van der Waals surface area contributed by atoms with Crippen LogP contribution in [0.2, 0.25) is 5.02 Å². The number of hydrogen-bond donors (Lipinski definition) is 3. The number of nitrogens with one attached hydrogen (secondary N) is 1. The summed E-state index contributed by atoms with van der Waals surface area (Å²) in [6.07, 6.45) is 2.01. The molecule has 4 N–H and O–H groups in total. The van der Waals surface area contributed by atoms with E-state index in [-0.39, 0.29) is 12.4 Å². The Morgan fingerprint density at radius 1 is 1.44 bits per heavy atom. The van der Waals surface area contributed by atoms with Crippen LogP contribution in [0.3, 0.4) is 0 Å².